The monoisotopic (exact) mass is 413 g/mol. The fraction of sp³-hybridized carbons (Fsp3) is 0.417. The topological polar surface area (TPSA) is 77.9 Å². The van der Waals surface area contributed by atoms with Gasteiger partial charge in [-0.25, -0.2) is 4.79 Å². The summed E-state index contributed by atoms with van der Waals surface area (Å²) >= 11 is 0. The first-order chi connectivity index (χ1) is 14.4. The van der Waals surface area contributed by atoms with Crippen LogP contribution < -0.4 is 14.2 Å². The first-order valence-electron chi connectivity index (χ1n) is 10.1. The van der Waals surface area contributed by atoms with Crippen molar-refractivity contribution in [1.82, 2.24) is 4.98 Å². The van der Waals surface area contributed by atoms with Gasteiger partial charge in [0, 0.05) is 34.7 Å². The number of aliphatic carboxylic acids is 1. The maximum atomic E-state index is 11.9. The van der Waals surface area contributed by atoms with Crippen LogP contribution >= 0.6 is 0 Å². The van der Waals surface area contributed by atoms with Crippen molar-refractivity contribution in [2.75, 3.05) is 21.3 Å². The van der Waals surface area contributed by atoms with E-state index in [2.05, 4.69) is 11.1 Å². The zero-order valence-corrected chi connectivity index (χ0v) is 18.4. The largest absolute Gasteiger partial charge is 0.496 e. The molecule has 6 heteroatoms. The second-order valence-electron chi connectivity index (χ2n) is 7.16. The average Bonchev–Trinajstić information content (AvgIpc) is 2.74. The van der Waals surface area contributed by atoms with Crippen LogP contribution in [0, 0.1) is 13.8 Å². The average molecular weight is 414 g/mol. The van der Waals surface area contributed by atoms with Gasteiger partial charge in [0.15, 0.2) is 11.5 Å². The van der Waals surface area contributed by atoms with E-state index in [-0.39, 0.29) is 0 Å². The van der Waals surface area contributed by atoms with Crippen LogP contribution in [0.1, 0.15) is 47.9 Å². The molecule has 0 amide bonds. The Morgan fingerprint density at radius 3 is 2.27 bits per heavy atom. The summed E-state index contributed by atoms with van der Waals surface area (Å²) in [6.45, 7) is 3.79. The summed E-state index contributed by atoms with van der Waals surface area (Å²) in [4.78, 5) is 16.0. The zero-order valence-electron chi connectivity index (χ0n) is 18.4. The maximum Gasteiger partial charge on any atom is 0.331 e. The number of carbonyl (C=O) groups is 1. The van der Waals surface area contributed by atoms with Gasteiger partial charge in [-0.1, -0.05) is 12.5 Å². The molecule has 0 atom stereocenters. The molecule has 1 aromatic heterocycles. The minimum Gasteiger partial charge on any atom is -0.496 e. The Morgan fingerprint density at radius 2 is 1.70 bits per heavy atom. The summed E-state index contributed by atoms with van der Waals surface area (Å²) in [5.74, 6) is 0.804. The Kier molecular flexibility index (Phi) is 8.71. The molecule has 0 fully saturated rings. The van der Waals surface area contributed by atoms with Gasteiger partial charge in [-0.2, -0.15) is 0 Å². The lowest BCUT2D eigenvalue weighted by Crippen LogP contribution is -2.05. The lowest BCUT2D eigenvalue weighted by Gasteiger charge is -2.20. The van der Waals surface area contributed by atoms with Crippen LogP contribution in [0.3, 0.4) is 0 Å². The summed E-state index contributed by atoms with van der Waals surface area (Å²) in [6.07, 6.45) is 9.46. The molecule has 0 spiro atoms. The van der Waals surface area contributed by atoms with E-state index in [9.17, 15) is 9.90 Å². The Balaban J connectivity index is 2.20. The predicted molar refractivity (Wildman–Crippen MR) is 118 cm³/mol. The summed E-state index contributed by atoms with van der Waals surface area (Å²) in [5, 5.41) is 9.75. The Hall–Kier alpha value is -3.02. The van der Waals surface area contributed by atoms with Gasteiger partial charge in [0.2, 0.25) is 0 Å². The smallest absolute Gasteiger partial charge is 0.331 e. The van der Waals surface area contributed by atoms with Crippen molar-refractivity contribution in [2.24, 2.45) is 0 Å². The fourth-order valence-electron chi connectivity index (χ4n) is 3.68. The number of aromatic nitrogens is 1. The van der Waals surface area contributed by atoms with E-state index in [1.165, 1.54) is 5.56 Å². The van der Waals surface area contributed by atoms with Crippen molar-refractivity contribution < 1.29 is 24.1 Å². The molecule has 2 aromatic rings. The van der Waals surface area contributed by atoms with Crippen molar-refractivity contribution in [3.8, 4) is 17.2 Å². The highest BCUT2D eigenvalue weighted by molar-refractivity contribution is 5.93. The number of rotatable bonds is 11. The van der Waals surface area contributed by atoms with E-state index >= 15 is 0 Å². The third-order valence-electron chi connectivity index (χ3n) is 5.22. The summed E-state index contributed by atoms with van der Waals surface area (Å²) in [6, 6.07) is 3.99. The molecular weight excluding hydrogens is 382 g/mol. The molecule has 0 aliphatic carbocycles. The van der Waals surface area contributed by atoms with Crippen LogP contribution in [0.5, 0.6) is 17.2 Å². The molecule has 0 aliphatic heterocycles. The normalized spacial score (nSPS) is 11.3. The number of carboxylic acid groups (broad SMARTS) is 1. The quantitative estimate of drug-likeness (QED) is 0.413. The molecule has 0 bridgehead atoms. The van der Waals surface area contributed by atoms with Gasteiger partial charge in [-0.3, -0.25) is 4.98 Å². The van der Waals surface area contributed by atoms with E-state index in [1.54, 1.807) is 33.6 Å². The van der Waals surface area contributed by atoms with Crippen LogP contribution in [0.2, 0.25) is 0 Å². The van der Waals surface area contributed by atoms with Gasteiger partial charge >= 0.3 is 5.97 Å². The van der Waals surface area contributed by atoms with Gasteiger partial charge in [-0.05, 0) is 57.2 Å². The summed E-state index contributed by atoms with van der Waals surface area (Å²) in [7, 11) is 4.71. The van der Waals surface area contributed by atoms with Crippen molar-refractivity contribution in [3.05, 3.63) is 52.4 Å². The van der Waals surface area contributed by atoms with Crippen LogP contribution in [0.15, 0.2) is 30.1 Å². The fourth-order valence-corrected chi connectivity index (χ4v) is 3.68. The van der Waals surface area contributed by atoms with Gasteiger partial charge in [0.1, 0.15) is 5.75 Å². The van der Waals surface area contributed by atoms with E-state index in [0.717, 1.165) is 36.8 Å². The highest BCUT2D eigenvalue weighted by atomic mass is 16.5. The third-order valence-corrected chi connectivity index (χ3v) is 5.22. The number of carboxylic acids is 1. The number of nitrogens with zero attached hydrogens (tertiary/aromatic N) is 1. The molecule has 0 aliphatic rings. The number of pyridine rings is 1. The van der Waals surface area contributed by atoms with Gasteiger partial charge < -0.3 is 19.3 Å². The number of unbranched alkanes of at least 4 members (excludes halogenated alkanes) is 2. The minimum absolute atomic E-state index is 0.339. The predicted octanol–water partition coefficient (Wildman–Crippen LogP) is 5.00. The zero-order chi connectivity index (χ0) is 22.1. The first kappa shape index (κ1) is 23.3. The van der Waals surface area contributed by atoms with Crippen molar-refractivity contribution in [2.45, 2.75) is 46.0 Å². The third kappa shape index (κ3) is 5.53. The van der Waals surface area contributed by atoms with Crippen LogP contribution in [-0.2, 0) is 11.2 Å². The van der Waals surface area contributed by atoms with E-state index in [1.807, 2.05) is 26.1 Å². The van der Waals surface area contributed by atoms with Gasteiger partial charge in [-0.15, -0.1) is 0 Å². The van der Waals surface area contributed by atoms with Crippen LogP contribution in [0.4, 0.5) is 0 Å². The number of hydrogen-bond acceptors (Lipinski definition) is 5. The summed E-state index contributed by atoms with van der Waals surface area (Å²) < 4.78 is 16.6. The number of aryl methyl sites for hydroxylation is 1. The second-order valence-corrected chi connectivity index (χ2v) is 7.16. The number of ether oxygens (including phenoxy) is 3. The number of benzene rings is 1. The molecule has 162 valence electrons. The van der Waals surface area contributed by atoms with Gasteiger partial charge in [0.05, 0.1) is 21.3 Å². The van der Waals surface area contributed by atoms with E-state index in [0.29, 0.717) is 34.8 Å². The van der Waals surface area contributed by atoms with Crippen molar-refractivity contribution in [3.63, 3.8) is 0 Å². The van der Waals surface area contributed by atoms with Crippen LogP contribution in [-0.4, -0.2) is 37.4 Å². The highest BCUT2D eigenvalue weighted by Crippen LogP contribution is 2.44. The molecule has 2 rings (SSSR count). The second kappa shape index (κ2) is 11.2. The molecule has 30 heavy (non-hydrogen) atoms. The molecule has 0 radical (unpaired) electrons. The van der Waals surface area contributed by atoms with Crippen molar-refractivity contribution >= 4 is 12.0 Å². The van der Waals surface area contributed by atoms with Crippen LogP contribution in [0.25, 0.3) is 6.08 Å². The van der Waals surface area contributed by atoms with Gasteiger partial charge in [0.25, 0.3) is 0 Å². The summed E-state index contributed by atoms with van der Waals surface area (Å²) in [5.41, 5.74) is 3.85. The molecule has 1 aromatic carbocycles. The molecule has 0 saturated heterocycles. The Labute approximate surface area is 178 Å². The Bertz CT molecular complexity index is 890. The van der Waals surface area contributed by atoms with E-state index in [4.69, 9.17) is 14.2 Å². The Morgan fingerprint density at radius 1 is 1.00 bits per heavy atom. The molecule has 1 N–H and O–H groups in total. The molecule has 1 heterocycles. The lowest BCUT2D eigenvalue weighted by atomic mass is 9.97. The van der Waals surface area contributed by atoms with Crippen molar-refractivity contribution in [1.29, 1.82) is 0 Å². The molecule has 0 unspecified atom stereocenters. The standard InChI is InChI=1S/C24H31NO5/c1-16-20(23(30-5)22(29-4)17(2)21(16)28-3)14-19(24(26)27)12-8-6-7-10-18-11-9-13-25-15-18/h9,11,13-15H,6-8,10,12H2,1-5H3,(H,26,27). The molecular formula is C24H31NO5. The minimum atomic E-state index is -0.928. The van der Waals surface area contributed by atoms with E-state index < -0.39 is 5.97 Å². The first-order valence-corrected chi connectivity index (χ1v) is 10.1. The highest BCUT2D eigenvalue weighted by Gasteiger charge is 2.22. The SMILES string of the molecule is COc1c(C)c(C=C(CCCCCc2cccnc2)C(=O)O)c(OC)c(OC)c1C. The maximum absolute atomic E-state index is 11.9. The molecule has 0 saturated carbocycles. The number of methoxy groups -OCH3 is 3. The molecule has 6 nitrogen and oxygen atoms in total. The number of hydrogen-bond donors (Lipinski definition) is 1. The lowest BCUT2D eigenvalue weighted by molar-refractivity contribution is -0.132.